The molecule has 0 bridgehead atoms. The lowest BCUT2D eigenvalue weighted by Gasteiger charge is -2.12. The van der Waals surface area contributed by atoms with Crippen molar-refractivity contribution in [3.05, 3.63) is 42.5 Å². The minimum atomic E-state index is -3.39. The van der Waals surface area contributed by atoms with Crippen LogP contribution in [0, 0.1) is 5.92 Å². The molecular formula is C16H19ClO3S. The Morgan fingerprint density at radius 1 is 1.10 bits per heavy atom. The van der Waals surface area contributed by atoms with Crippen molar-refractivity contribution in [1.29, 1.82) is 0 Å². The van der Waals surface area contributed by atoms with Gasteiger partial charge in [0.25, 0.3) is 0 Å². The van der Waals surface area contributed by atoms with Crippen molar-refractivity contribution in [3.8, 4) is 5.75 Å². The molecule has 0 saturated carbocycles. The zero-order chi connectivity index (χ0) is 15.3. The second-order valence-electron chi connectivity index (χ2n) is 5.28. The lowest BCUT2D eigenvalue weighted by molar-refractivity contribution is 0.282. The fourth-order valence-electron chi connectivity index (χ4n) is 2.12. The molecule has 0 aliphatic carbocycles. The summed E-state index contributed by atoms with van der Waals surface area (Å²) in [5.41, 5.74) is 0. The summed E-state index contributed by atoms with van der Waals surface area (Å²) in [5.74, 6) is 1.12. The third-order valence-corrected chi connectivity index (χ3v) is 4.64. The molecule has 0 radical (unpaired) electrons. The Hall–Kier alpha value is -1.26. The molecule has 5 heteroatoms. The standard InChI is InChI=1S/C16H19ClO3S/c1-13(9-11-21(17,18)19)8-10-20-16-7-6-14-4-2-3-5-15(14)12-16/h2-7,12-13H,8-11H2,1H3. The van der Waals surface area contributed by atoms with Crippen molar-refractivity contribution in [2.45, 2.75) is 19.8 Å². The predicted octanol–water partition coefficient (Wildman–Crippen LogP) is 4.20. The lowest BCUT2D eigenvalue weighted by Crippen LogP contribution is -2.08. The smallest absolute Gasteiger partial charge is 0.232 e. The largest absolute Gasteiger partial charge is 0.494 e. The maximum atomic E-state index is 10.9. The zero-order valence-corrected chi connectivity index (χ0v) is 13.5. The van der Waals surface area contributed by atoms with Gasteiger partial charge >= 0.3 is 0 Å². The van der Waals surface area contributed by atoms with E-state index in [9.17, 15) is 8.42 Å². The van der Waals surface area contributed by atoms with E-state index < -0.39 is 9.05 Å². The average Bonchev–Trinajstić information content (AvgIpc) is 2.44. The van der Waals surface area contributed by atoms with Crippen LogP contribution in [0.1, 0.15) is 19.8 Å². The molecule has 3 nitrogen and oxygen atoms in total. The Labute approximate surface area is 130 Å². The van der Waals surface area contributed by atoms with Crippen LogP contribution in [0.15, 0.2) is 42.5 Å². The first-order chi connectivity index (χ1) is 9.94. The third-order valence-electron chi connectivity index (χ3n) is 3.45. The highest BCUT2D eigenvalue weighted by atomic mass is 35.7. The molecule has 0 aliphatic rings. The van der Waals surface area contributed by atoms with Gasteiger partial charge in [0, 0.05) is 10.7 Å². The minimum absolute atomic E-state index is 0.0195. The van der Waals surface area contributed by atoms with Crippen LogP contribution in [-0.2, 0) is 9.05 Å². The van der Waals surface area contributed by atoms with Gasteiger partial charge in [0.1, 0.15) is 5.75 Å². The first kappa shape index (κ1) is 16.1. The molecule has 1 atom stereocenters. The number of fused-ring (bicyclic) bond motifs is 1. The van der Waals surface area contributed by atoms with Crippen LogP contribution in [0.5, 0.6) is 5.75 Å². The summed E-state index contributed by atoms with van der Waals surface area (Å²) in [6.07, 6.45) is 1.37. The van der Waals surface area contributed by atoms with Crippen molar-refractivity contribution in [2.24, 2.45) is 5.92 Å². The Balaban J connectivity index is 1.82. The van der Waals surface area contributed by atoms with Crippen LogP contribution >= 0.6 is 10.7 Å². The van der Waals surface area contributed by atoms with Crippen LogP contribution < -0.4 is 4.74 Å². The molecule has 0 heterocycles. The van der Waals surface area contributed by atoms with E-state index in [1.54, 1.807) is 0 Å². The number of hydrogen-bond donors (Lipinski definition) is 0. The first-order valence-electron chi connectivity index (χ1n) is 6.98. The molecule has 114 valence electrons. The van der Waals surface area contributed by atoms with Gasteiger partial charge in [-0.2, -0.15) is 0 Å². The van der Waals surface area contributed by atoms with Gasteiger partial charge < -0.3 is 4.74 Å². The number of hydrogen-bond acceptors (Lipinski definition) is 3. The molecule has 0 spiro atoms. The highest BCUT2D eigenvalue weighted by Gasteiger charge is 2.09. The summed E-state index contributed by atoms with van der Waals surface area (Å²) >= 11 is 0. The Kier molecular flexibility index (Phi) is 5.48. The topological polar surface area (TPSA) is 43.4 Å². The molecule has 0 fully saturated rings. The molecule has 0 aromatic heterocycles. The molecule has 0 saturated heterocycles. The van der Waals surface area contributed by atoms with Crippen LogP contribution in [0.4, 0.5) is 0 Å². The van der Waals surface area contributed by atoms with Gasteiger partial charge in [-0.3, -0.25) is 0 Å². The van der Waals surface area contributed by atoms with E-state index in [0.29, 0.717) is 13.0 Å². The van der Waals surface area contributed by atoms with Crippen LogP contribution in [0.2, 0.25) is 0 Å². The summed E-state index contributed by atoms with van der Waals surface area (Å²) in [6.45, 7) is 2.58. The van der Waals surface area contributed by atoms with Gasteiger partial charge in [0.2, 0.25) is 9.05 Å². The van der Waals surface area contributed by atoms with Gasteiger partial charge in [-0.15, -0.1) is 0 Å². The van der Waals surface area contributed by atoms with Gasteiger partial charge in [-0.25, -0.2) is 8.42 Å². The lowest BCUT2D eigenvalue weighted by atomic mass is 10.1. The molecule has 0 aliphatic heterocycles. The van der Waals surface area contributed by atoms with Gasteiger partial charge in [0.15, 0.2) is 0 Å². The minimum Gasteiger partial charge on any atom is -0.494 e. The van der Waals surface area contributed by atoms with E-state index in [4.69, 9.17) is 15.4 Å². The van der Waals surface area contributed by atoms with Gasteiger partial charge in [0.05, 0.1) is 12.4 Å². The van der Waals surface area contributed by atoms with Crippen molar-refractivity contribution in [3.63, 3.8) is 0 Å². The molecule has 0 N–H and O–H groups in total. The van der Waals surface area contributed by atoms with Crippen LogP contribution in [0.25, 0.3) is 10.8 Å². The number of benzene rings is 2. The van der Waals surface area contributed by atoms with Gasteiger partial charge in [-0.05, 0) is 41.7 Å². The van der Waals surface area contributed by atoms with E-state index in [-0.39, 0.29) is 11.7 Å². The number of ether oxygens (including phenoxy) is 1. The normalized spacial score (nSPS) is 13.2. The molecular weight excluding hydrogens is 308 g/mol. The Bertz CT molecular complexity index is 697. The number of halogens is 1. The quantitative estimate of drug-likeness (QED) is 0.716. The maximum absolute atomic E-state index is 10.9. The van der Waals surface area contributed by atoms with E-state index in [0.717, 1.165) is 17.6 Å². The highest BCUT2D eigenvalue weighted by Crippen LogP contribution is 2.21. The van der Waals surface area contributed by atoms with Crippen molar-refractivity contribution in [1.82, 2.24) is 0 Å². The summed E-state index contributed by atoms with van der Waals surface area (Å²) in [4.78, 5) is 0. The van der Waals surface area contributed by atoms with Crippen molar-refractivity contribution >= 4 is 30.5 Å². The fourth-order valence-corrected chi connectivity index (χ4v) is 3.07. The van der Waals surface area contributed by atoms with E-state index >= 15 is 0 Å². The molecule has 2 aromatic carbocycles. The van der Waals surface area contributed by atoms with Crippen molar-refractivity contribution < 1.29 is 13.2 Å². The van der Waals surface area contributed by atoms with E-state index in [2.05, 4.69) is 12.1 Å². The number of rotatable bonds is 7. The average molecular weight is 327 g/mol. The van der Waals surface area contributed by atoms with Crippen molar-refractivity contribution in [2.75, 3.05) is 12.4 Å². The SMILES string of the molecule is CC(CCOc1ccc2ccccc2c1)CCS(=O)(=O)Cl. The predicted molar refractivity (Wildman–Crippen MR) is 87.5 cm³/mol. The summed E-state index contributed by atoms with van der Waals surface area (Å²) in [7, 11) is 1.81. The zero-order valence-electron chi connectivity index (χ0n) is 12.0. The Morgan fingerprint density at radius 3 is 2.52 bits per heavy atom. The fraction of sp³-hybridized carbons (Fsp3) is 0.375. The maximum Gasteiger partial charge on any atom is 0.232 e. The molecule has 2 aromatic rings. The molecule has 1 unspecified atom stereocenters. The van der Waals surface area contributed by atoms with E-state index in [1.807, 2.05) is 37.3 Å². The molecule has 2 rings (SSSR count). The second kappa shape index (κ2) is 7.14. The molecule has 0 amide bonds. The van der Waals surface area contributed by atoms with Crippen LogP contribution in [0.3, 0.4) is 0 Å². The summed E-state index contributed by atoms with van der Waals surface area (Å²) < 4.78 is 27.5. The highest BCUT2D eigenvalue weighted by molar-refractivity contribution is 8.13. The monoisotopic (exact) mass is 326 g/mol. The second-order valence-corrected chi connectivity index (χ2v) is 8.18. The van der Waals surface area contributed by atoms with E-state index in [1.165, 1.54) is 5.39 Å². The molecule has 21 heavy (non-hydrogen) atoms. The summed E-state index contributed by atoms with van der Waals surface area (Å²) in [6, 6.07) is 14.1. The first-order valence-corrected chi connectivity index (χ1v) is 9.46. The van der Waals surface area contributed by atoms with Gasteiger partial charge in [-0.1, -0.05) is 37.3 Å². The summed E-state index contributed by atoms with van der Waals surface area (Å²) in [5, 5.41) is 2.34. The third kappa shape index (κ3) is 5.56. The van der Waals surface area contributed by atoms with Crippen LogP contribution in [-0.4, -0.2) is 20.8 Å². The Morgan fingerprint density at radius 2 is 1.81 bits per heavy atom.